The van der Waals surface area contributed by atoms with Gasteiger partial charge in [0.2, 0.25) is 11.8 Å². The number of rotatable bonds is 5. The van der Waals surface area contributed by atoms with Crippen LogP contribution in [0.2, 0.25) is 0 Å². The number of benzene rings is 1. The number of anilines is 2. The first-order chi connectivity index (χ1) is 11.0. The maximum Gasteiger partial charge on any atom is 0.241 e. The molecular weight excluding hydrogens is 290 g/mol. The molecule has 2 aliphatic rings. The van der Waals surface area contributed by atoms with E-state index in [-0.39, 0.29) is 23.7 Å². The topological polar surface area (TPSA) is 75.4 Å². The van der Waals surface area contributed by atoms with Crippen molar-refractivity contribution in [3.63, 3.8) is 0 Å². The van der Waals surface area contributed by atoms with Crippen molar-refractivity contribution >= 4 is 23.2 Å². The lowest BCUT2D eigenvalue weighted by Gasteiger charge is -2.20. The number of nitrogens with two attached hydrogens (primary N) is 1. The van der Waals surface area contributed by atoms with Crippen LogP contribution in [0.5, 0.6) is 0 Å². The van der Waals surface area contributed by atoms with Gasteiger partial charge in [-0.1, -0.05) is 26.3 Å². The van der Waals surface area contributed by atoms with Crippen LogP contribution < -0.4 is 16.0 Å². The molecule has 1 aliphatic carbocycles. The third-order valence-electron chi connectivity index (χ3n) is 5.00. The van der Waals surface area contributed by atoms with Gasteiger partial charge >= 0.3 is 0 Å². The summed E-state index contributed by atoms with van der Waals surface area (Å²) in [5.41, 5.74) is 8.80. The second kappa shape index (κ2) is 6.32. The molecule has 1 unspecified atom stereocenters. The number of nitrogens with zero attached hydrogens (tertiary/aromatic N) is 1. The Morgan fingerprint density at radius 2 is 2.13 bits per heavy atom. The normalized spacial score (nSPS) is 19.2. The highest BCUT2D eigenvalue weighted by Gasteiger charge is 2.36. The van der Waals surface area contributed by atoms with Crippen LogP contribution in [0.15, 0.2) is 18.2 Å². The van der Waals surface area contributed by atoms with E-state index in [0.717, 1.165) is 37.9 Å². The predicted molar refractivity (Wildman–Crippen MR) is 91.3 cm³/mol. The highest BCUT2D eigenvalue weighted by molar-refractivity contribution is 6.00. The van der Waals surface area contributed by atoms with Gasteiger partial charge in [-0.3, -0.25) is 9.59 Å². The standard InChI is InChI=1S/C18H25N3O2/c1-3-11(2)16(19)17(22)20-14-7-6-12-8-9-21(15(12)10-14)18(23)13-4-5-13/h6-7,10-11,13,16H,3-5,8-9,19H2,1-2H3,(H,20,22)/t11?,16-/m0/s1. The molecule has 23 heavy (non-hydrogen) atoms. The summed E-state index contributed by atoms with van der Waals surface area (Å²) in [6, 6.07) is 5.28. The molecule has 1 aliphatic heterocycles. The average molecular weight is 315 g/mol. The van der Waals surface area contributed by atoms with Gasteiger partial charge in [0.25, 0.3) is 0 Å². The fourth-order valence-corrected chi connectivity index (χ4v) is 2.97. The van der Waals surface area contributed by atoms with E-state index in [9.17, 15) is 9.59 Å². The summed E-state index contributed by atoms with van der Waals surface area (Å²) < 4.78 is 0. The number of carbonyl (C=O) groups excluding carboxylic acids is 2. The van der Waals surface area contributed by atoms with E-state index in [4.69, 9.17) is 5.73 Å². The van der Waals surface area contributed by atoms with Gasteiger partial charge in [-0.25, -0.2) is 0 Å². The Labute approximate surface area is 137 Å². The molecule has 0 radical (unpaired) electrons. The van der Waals surface area contributed by atoms with Crippen LogP contribution in [0.1, 0.15) is 38.7 Å². The van der Waals surface area contributed by atoms with Gasteiger partial charge in [-0.2, -0.15) is 0 Å². The molecule has 3 N–H and O–H groups in total. The Kier molecular flexibility index (Phi) is 4.39. The molecule has 0 saturated heterocycles. The Morgan fingerprint density at radius 3 is 2.78 bits per heavy atom. The summed E-state index contributed by atoms with van der Waals surface area (Å²) in [5.74, 6) is 0.399. The smallest absolute Gasteiger partial charge is 0.241 e. The highest BCUT2D eigenvalue weighted by atomic mass is 16.2. The first-order valence-corrected chi connectivity index (χ1v) is 8.52. The van der Waals surface area contributed by atoms with Crippen molar-refractivity contribution in [3.05, 3.63) is 23.8 Å². The van der Waals surface area contributed by atoms with Crippen molar-refractivity contribution in [3.8, 4) is 0 Å². The molecule has 1 aromatic rings. The van der Waals surface area contributed by atoms with Crippen molar-refractivity contribution in [2.45, 2.75) is 45.6 Å². The highest BCUT2D eigenvalue weighted by Crippen LogP contribution is 2.37. The number of nitrogens with one attached hydrogen (secondary N) is 1. The third kappa shape index (κ3) is 3.24. The predicted octanol–water partition coefficient (Wildman–Crippen LogP) is 2.30. The maximum absolute atomic E-state index is 12.4. The van der Waals surface area contributed by atoms with Crippen LogP contribution in [0.25, 0.3) is 0 Å². The van der Waals surface area contributed by atoms with Crippen molar-refractivity contribution in [2.75, 3.05) is 16.8 Å². The summed E-state index contributed by atoms with van der Waals surface area (Å²) >= 11 is 0. The Bertz CT molecular complexity index is 625. The van der Waals surface area contributed by atoms with Gasteiger partial charge in [0, 0.05) is 23.8 Å². The van der Waals surface area contributed by atoms with Gasteiger partial charge in [-0.15, -0.1) is 0 Å². The average Bonchev–Trinajstić information content (AvgIpc) is 3.32. The molecule has 5 nitrogen and oxygen atoms in total. The molecule has 2 amide bonds. The molecule has 0 spiro atoms. The Balaban J connectivity index is 1.74. The van der Waals surface area contributed by atoms with Gasteiger partial charge in [-0.05, 0) is 42.9 Å². The van der Waals surface area contributed by atoms with Crippen molar-refractivity contribution in [1.29, 1.82) is 0 Å². The van der Waals surface area contributed by atoms with Gasteiger partial charge in [0.05, 0.1) is 6.04 Å². The van der Waals surface area contributed by atoms with Crippen molar-refractivity contribution in [1.82, 2.24) is 0 Å². The first kappa shape index (κ1) is 16.0. The summed E-state index contributed by atoms with van der Waals surface area (Å²) in [6.45, 7) is 4.74. The van der Waals surface area contributed by atoms with Crippen LogP contribution in [0.4, 0.5) is 11.4 Å². The molecule has 124 valence electrons. The van der Waals surface area contributed by atoms with Gasteiger partial charge in [0.1, 0.15) is 0 Å². The molecule has 1 saturated carbocycles. The summed E-state index contributed by atoms with van der Waals surface area (Å²) in [5, 5.41) is 2.89. The molecule has 2 atom stereocenters. The van der Waals surface area contributed by atoms with Crippen LogP contribution in [-0.2, 0) is 16.0 Å². The van der Waals surface area contributed by atoms with E-state index in [1.165, 1.54) is 5.56 Å². The lowest BCUT2D eigenvalue weighted by molar-refractivity contribution is -0.120. The Hall–Kier alpha value is -1.88. The minimum Gasteiger partial charge on any atom is -0.325 e. The molecule has 1 heterocycles. The fraction of sp³-hybridized carbons (Fsp3) is 0.556. The van der Waals surface area contributed by atoms with E-state index < -0.39 is 6.04 Å². The van der Waals surface area contributed by atoms with E-state index >= 15 is 0 Å². The fourth-order valence-electron chi connectivity index (χ4n) is 2.97. The van der Waals surface area contributed by atoms with Crippen LogP contribution in [0, 0.1) is 11.8 Å². The number of carbonyl (C=O) groups is 2. The van der Waals surface area contributed by atoms with Gasteiger partial charge in [0.15, 0.2) is 0 Å². The van der Waals surface area contributed by atoms with Crippen LogP contribution in [0.3, 0.4) is 0 Å². The minimum atomic E-state index is -0.516. The van der Waals surface area contributed by atoms with E-state index in [2.05, 4.69) is 5.32 Å². The lowest BCUT2D eigenvalue weighted by Crippen LogP contribution is -2.40. The van der Waals surface area contributed by atoms with E-state index in [0.29, 0.717) is 5.69 Å². The van der Waals surface area contributed by atoms with E-state index in [1.54, 1.807) is 0 Å². The number of hydrogen-bond acceptors (Lipinski definition) is 3. The van der Waals surface area contributed by atoms with Crippen LogP contribution >= 0.6 is 0 Å². The van der Waals surface area contributed by atoms with Crippen molar-refractivity contribution < 1.29 is 9.59 Å². The third-order valence-corrected chi connectivity index (χ3v) is 5.00. The summed E-state index contributed by atoms with van der Waals surface area (Å²) in [6.07, 6.45) is 3.76. The van der Waals surface area contributed by atoms with Gasteiger partial charge < -0.3 is 16.0 Å². The van der Waals surface area contributed by atoms with Crippen LogP contribution in [-0.4, -0.2) is 24.4 Å². The minimum absolute atomic E-state index is 0.136. The molecule has 0 aromatic heterocycles. The van der Waals surface area contributed by atoms with E-state index in [1.807, 2.05) is 36.9 Å². The molecule has 5 heteroatoms. The lowest BCUT2D eigenvalue weighted by atomic mass is 9.99. The SMILES string of the molecule is CCC(C)[C@H](N)C(=O)Nc1ccc2c(c1)N(C(=O)C1CC1)CC2. The maximum atomic E-state index is 12.4. The molecular formula is C18H25N3O2. The zero-order chi connectivity index (χ0) is 16.6. The molecule has 1 aromatic carbocycles. The quantitative estimate of drug-likeness (QED) is 0.875. The number of fused-ring (bicyclic) bond motifs is 1. The zero-order valence-corrected chi connectivity index (χ0v) is 13.8. The zero-order valence-electron chi connectivity index (χ0n) is 13.8. The second-order valence-corrected chi connectivity index (χ2v) is 6.76. The molecule has 3 rings (SSSR count). The van der Waals surface area contributed by atoms with Crippen molar-refractivity contribution in [2.24, 2.45) is 17.6 Å². The second-order valence-electron chi connectivity index (χ2n) is 6.76. The number of hydrogen-bond donors (Lipinski definition) is 2. The monoisotopic (exact) mass is 315 g/mol. The number of amides is 2. The largest absolute Gasteiger partial charge is 0.325 e. The Morgan fingerprint density at radius 1 is 1.39 bits per heavy atom. The first-order valence-electron chi connectivity index (χ1n) is 8.52. The summed E-state index contributed by atoms with van der Waals surface area (Å²) in [7, 11) is 0. The molecule has 0 bridgehead atoms. The molecule has 1 fully saturated rings. The summed E-state index contributed by atoms with van der Waals surface area (Å²) in [4.78, 5) is 26.5.